The number of aromatic amines is 1. The number of aromatic nitrogens is 3. The van der Waals surface area contributed by atoms with Crippen LogP contribution in [0.2, 0.25) is 0 Å². The molecule has 124 valence electrons. The predicted octanol–water partition coefficient (Wildman–Crippen LogP) is 3.01. The standard InChI is InChI=1S/C17H24N4O2/c1-4-12(2)8-6-5-7-9-13(3)14-10-15(22)21(16(14)23)17-18-11-19-20-17/h7-9,11,13-14H,4-6,10H2,1-3H3,(H,18,19,20)/b9-7-,12-8-. The van der Waals surface area contributed by atoms with Gasteiger partial charge >= 0.3 is 0 Å². The Morgan fingerprint density at radius 1 is 1.48 bits per heavy atom. The summed E-state index contributed by atoms with van der Waals surface area (Å²) in [5.74, 6) is -0.518. The van der Waals surface area contributed by atoms with Crippen molar-refractivity contribution in [2.24, 2.45) is 11.8 Å². The molecule has 1 aliphatic rings. The van der Waals surface area contributed by atoms with Crippen LogP contribution in [0.5, 0.6) is 0 Å². The molecule has 1 aromatic heterocycles. The van der Waals surface area contributed by atoms with Crippen molar-refractivity contribution in [3.05, 3.63) is 30.1 Å². The number of H-pyrrole nitrogens is 1. The maximum Gasteiger partial charge on any atom is 0.240 e. The number of allylic oxidation sites excluding steroid dienone is 4. The largest absolute Gasteiger partial charge is 0.274 e. The number of nitrogens with zero attached hydrogens (tertiary/aromatic N) is 3. The Morgan fingerprint density at radius 3 is 2.91 bits per heavy atom. The number of unbranched alkanes of at least 4 members (excludes halogenated alkanes) is 1. The van der Waals surface area contributed by atoms with Crippen molar-refractivity contribution in [2.45, 2.75) is 46.5 Å². The third kappa shape index (κ3) is 4.15. The van der Waals surface area contributed by atoms with E-state index in [2.05, 4.69) is 41.2 Å². The van der Waals surface area contributed by atoms with Gasteiger partial charge in [0, 0.05) is 6.42 Å². The molecule has 6 heteroatoms. The van der Waals surface area contributed by atoms with Gasteiger partial charge in [-0.3, -0.25) is 9.59 Å². The van der Waals surface area contributed by atoms with Gasteiger partial charge in [-0.1, -0.05) is 37.6 Å². The summed E-state index contributed by atoms with van der Waals surface area (Å²) in [6.07, 6.45) is 10.9. The van der Waals surface area contributed by atoms with Crippen LogP contribution in [0.4, 0.5) is 5.95 Å². The first-order valence-corrected chi connectivity index (χ1v) is 8.09. The highest BCUT2D eigenvalue weighted by Crippen LogP contribution is 2.29. The fourth-order valence-electron chi connectivity index (χ4n) is 2.61. The molecule has 2 amide bonds. The Labute approximate surface area is 136 Å². The summed E-state index contributed by atoms with van der Waals surface area (Å²) in [6.45, 7) is 6.25. The highest BCUT2D eigenvalue weighted by Gasteiger charge is 2.42. The van der Waals surface area contributed by atoms with Crippen LogP contribution in [0.3, 0.4) is 0 Å². The maximum absolute atomic E-state index is 12.4. The highest BCUT2D eigenvalue weighted by atomic mass is 16.2. The number of amides is 2. The van der Waals surface area contributed by atoms with Crippen LogP contribution in [0, 0.1) is 11.8 Å². The maximum atomic E-state index is 12.4. The molecule has 0 radical (unpaired) electrons. The van der Waals surface area contributed by atoms with E-state index in [-0.39, 0.29) is 36.0 Å². The highest BCUT2D eigenvalue weighted by molar-refractivity contribution is 6.20. The normalized spacial score (nSPS) is 20.7. The van der Waals surface area contributed by atoms with Crippen molar-refractivity contribution < 1.29 is 9.59 Å². The molecule has 0 bridgehead atoms. The molecule has 0 aromatic carbocycles. The Hall–Kier alpha value is -2.24. The quantitative estimate of drug-likeness (QED) is 0.476. The minimum atomic E-state index is -0.322. The zero-order valence-electron chi connectivity index (χ0n) is 14.0. The van der Waals surface area contributed by atoms with E-state index in [1.807, 2.05) is 13.0 Å². The smallest absolute Gasteiger partial charge is 0.240 e. The first kappa shape index (κ1) is 17.1. The van der Waals surface area contributed by atoms with E-state index in [9.17, 15) is 9.59 Å². The van der Waals surface area contributed by atoms with Gasteiger partial charge in [-0.2, -0.15) is 10.1 Å². The zero-order valence-corrected chi connectivity index (χ0v) is 14.0. The number of nitrogens with one attached hydrogen (secondary N) is 1. The van der Waals surface area contributed by atoms with E-state index in [0.717, 1.165) is 24.2 Å². The van der Waals surface area contributed by atoms with Gasteiger partial charge in [0.25, 0.3) is 0 Å². The Kier molecular flexibility index (Phi) is 5.84. The van der Waals surface area contributed by atoms with Crippen molar-refractivity contribution in [1.29, 1.82) is 0 Å². The molecule has 1 saturated heterocycles. The van der Waals surface area contributed by atoms with Gasteiger partial charge in [0.15, 0.2) is 0 Å². The van der Waals surface area contributed by atoms with Crippen molar-refractivity contribution in [3.8, 4) is 0 Å². The lowest BCUT2D eigenvalue weighted by Gasteiger charge is -2.14. The Bertz CT molecular complexity index is 604. The molecular formula is C17H24N4O2. The molecule has 1 N–H and O–H groups in total. The van der Waals surface area contributed by atoms with Crippen molar-refractivity contribution in [2.75, 3.05) is 4.90 Å². The van der Waals surface area contributed by atoms with Crippen LogP contribution in [0.15, 0.2) is 30.1 Å². The summed E-state index contributed by atoms with van der Waals surface area (Å²) in [5.41, 5.74) is 1.39. The number of anilines is 1. The molecule has 1 fully saturated rings. The Balaban J connectivity index is 1.92. The molecule has 0 aliphatic carbocycles. The van der Waals surface area contributed by atoms with Crippen molar-refractivity contribution in [1.82, 2.24) is 15.2 Å². The second-order valence-electron chi connectivity index (χ2n) is 5.96. The average molecular weight is 316 g/mol. The fraction of sp³-hybridized carbons (Fsp3) is 0.529. The van der Waals surface area contributed by atoms with Gasteiger partial charge in [0.05, 0.1) is 5.92 Å². The minimum Gasteiger partial charge on any atom is -0.274 e. The average Bonchev–Trinajstić information content (AvgIpc) is 3.14. The summed E-state index contributed by atoms with van der Waals surface area (Å²) >= 11 is 0. The summed E-state index contributed by atoms with van der Waals surface area (Å²) in [4.78, 5) is 29.5. The predicted molar refractivity (Wildman–Crippen MR) is 88.6 cm³/mol. The first-order valence-electron chi connectivity index (χ1n) is 8.09. The molecule has 6 nitrogen and oxygen atoms in total. The van der Waals surface area contributed by atoms with Crippen LogP contribution < -0.4 is 4.90 Å². The van der Waals surface area contributed by atoms with E-state index in [0.29, 0.717) is 0 Å². The van der Waals surface area contributed by atoms with Gasteiger partial charge in [-0.05, 0) is 32.1 Å². The van der Waals surface area contributed by atoms with Gasteiger partial charge in [-0.15, -0.1) is 0 Å². The molecule has 0 saturated carbocycles. The monoisotopic (exact) mass is 316 g/mol. The Morgan fingerprint density at radius 2 is 2.26 bits per heavy atom. The third-order valence-corrected chi connectivity index (χ3v) is 4.25. The molecule has 23 heavy (non-hydrogen) atoms. The fourth-order valence-corrected chi connectivity index (χ4v) is 2.61. The number of hydrogen-bond donors (Lipinski definition) is 1. The SMILES string of the molecule is CC/C(C)=C\CC/C=C\C(C)C1CC(=O)N(c2ncn[nH]2)C1=O. The lowest BCUT2D eigenvalue weighted by Crippen LogP contribution is -2.32. The topological polar surface area (TPSA) is 79.0 Å². The van der Waals surface area contributed by atoms with E-state index in [1.54, 1.807) is 0 Å². The van der Waals surface area contributed by atoms with E-state index >= 15 is 0 Å². The van der Waals surface area contributed by atoms with Crippen molar-refractivity contribution in [3.63, 3.8) is 0 Å². The first-order chi connectivity index (χ1) is 11.0. The van der Waals surface area contributed by atoms with E-state index in [1.165, 1.54) is 11.9 Å². The van der Waals surface area contributed by atoms with Crippen LogP contribution >= 0.6 is 0 Å². The summed E-state index contributed by atoms with van der Waals surface area (Å²) < 4.78 is 0. The molecule has 0 spiro atoms. The van der Waals surface area contributed by atoms with Gasteiger partial charge in [0.2, 0.25) is 17.8 Å². The second kappa shape index (κ2) is 7.85. The molecule has 2 rings (SSSR count). The van der Waals surface area contributed by atoms with Gasteiger partial charge < -0.3 is 0 Å². The molecule has 1 aromatic rings. The van der Waals surface area contributed by atoms with Gasteiger partial charge in [0.1, 0.15) is 6.33 Å². The second-order valence-corrected chi connectivity index (χ2v) is 5.96. The van der Waals surface area contributed by atoms with Crippen LogP contribution in [0.1, 0.15) is 46.5 Å². The number of hydrogen-bond acceptors (Lipinski definition) is 4. The molecule has 1 aliphatic heterocycles. The van der Waals surface area contributed by atoms with Crippen LogP contribution in [-0.4, -0.2) is 27.0 Å². The van der Waals surface area contributed by atoms with Crippen LogP contribution in [-0.2, 0) is 9.59 Å². The lowest BCUT2D eigenvalue weighted by atomic mass is 9.92. The van der Waals surface area contributed by atoms with Crippen molar-refractivity contribution >= 4 is 17.8 Å². The van der Waals surface area contributed by atoms with E-state index < -0.39 is 0 Å². The number of carbonyl (C=O) groups is 2. The summed E-state index contributed by atoms with van der Waals surface area (Å²) in [7, 11) is 0. The third-order valence-electron chi connectivity index (χ3n) is 4.25. The number of imide groups is 1. The zero-order chi connectivity index (χ0) is 16.8. The molecule has 2 unspecified atom stereocenters. The molecule has 2 heterocycles. The van der Waals surface area contributed by atoms with Gasteiger partial charge in [-0.25, -0.2) is 10.00 Å². The molecular weight excluding hydrogens is 292 g/mol. The summed E-state index contributed by atoms with van der Waals surface area (Å²) in [6, 6.07) is 0. The number of rotatable bonds is 7. The lowest BCUT2D eigenvalue weighted by molar-refractivity contribution is -0.122. The van der Waals surface area contributed by atoms with E-state index in [4.69, 9.17) is 0 Å². The minimum absolute atomic E-state index is 0.0237. The van der Waals surface area contributed by atoms with Crippen LogP contribution in [0.25, 0.3) is 0 Å². The number of carbonyl (C=O) groups excluding carboxylic acids is 2. The summed E-state index contributed by atoms with van der Waals surface area (Å²) in [5, 5.41) is 6.27. The molecule has 2 atom stereocenters.